The molecule has 6 nitrogen and oxygen atoms in total. The van der Waals surface area contributed by atoms with E-state index >= 15 is 0 Å². The van der Waals surface area contributed by atoms with E-state index in [1.54, 1.807) is 6.07 Å². The first-order valence-electron chi connectivity index (χ1n) is 8.88. The Morgan fingerprint density at radius 1 is 1.24 bits per heavy atom. The Morgan fingerprint density at radius 3 is 2.32 bits per heavy atom. The van der Waals surface area contributed by atoms with E-state index < -0.39 is 23.2 Å². The third-order valence-corrected chi connectivity index (χ3v) is 5.63. The zero-order chi connectivity index (χ0) is 18.4. The first-order valence-corrected chi connectivity index (χ1v) is 8.88. The molecule has 7 heteroatoms. The SMILES string of the molecule is Cc1cc(B2OC(C)(C)C(C)(C)O2)c(OCC2CCC2)c([N+](=O)[O-])c1. The fraction of sp³-hybridized carbons (Fsp3) is 0.667. The average Bonchev–Trinajstić information content (AvgIpc) is 2.66. The van der Waals surface area contributed by atoms with Gasteiger partial charge < -0.3 is 14.0 Å². The molecular formula is C18H26BNO5. The van der Waals surface area contributed by atoms with E-state index in [4.69, 9.17) is 14.0 Å². The maximum atomic E-state index is 11.6. The van der Waals surface area contributed by atoms with Gasteiger partial charge >= 0.3 is 12.8 Å². The summed E-state index contributed by atoms with van der Waals surface area (Å²) in [6.07, 6.45) is 3.44. The molecule has 0 aromatic heterocycles. The minimum atomic E-state index is -0.681. The summed E-state index contributed by atoms with van der Waals surface area (Å²) in [6.45, 7) is 10.2. The Bertz CT molecular complexity index is 668. The zero-order valence-corrected chi connectivity index (χ0v) is 15.6. The van der Waals surface area contributed by atoms with Gasteiger partial charge in [0.2, 0.25) is 0 Å². The molecule has 0 atom stereocenters. The molecule has 0 bridgehead atoms. The fourth-order valence-electron chi connectivity index (χ4n) is 3.08. The first kappa shape index (κ1) is 18.2. The molecular weight excluding hydrogens is 321 g/mol. The molecule has 1 saturated heterocycles. The van der Waals surface area contributed by atoms with E-state index in [0.29, 0.717) is 18.0 Å². The highest BCUT2D eigenvalue weighted by molar-refractivity contribution is 6.63. The summed E-state index contributed by atoms with van der Waals surface area (Å²) in [5.74, 6) is 0.757. The zero-order valence-electron chi connectivity index (χ0n) is 15.6. The molecule has 0 spiro atoms. The van der Waals surface area contributed by atoms with Crippen molar-refractivity contribution in [2.45, 2.75) is 65.1 Å². The van der Waals surface area contributed by atoms with Crippen molar-refractivity contribution >= 4 is 18.3 Å². The van der Waals surface area contributed by atoms with Gasteiger partial charge in [0.1, 0.15) is 0 Å². The van der Waals surface area contributed by atoms with Crippen LogP contribution in [0.15, 0.2) is 12.1 Å². The van der Waals surface area contributed by atoms with Crippen molar-refractivity contribution in [1.82, 2.24) is 0 Å². The quantitative estimate of drug-likeness (QED) is 0.464. The van der Waals surface area contributed by atoms with Crippen molar-refractivity contribution in [2.24, 2.45) is 5.92 Å². The van der Waals surface area contributed by atoms with Gasteiger partial charge in [-0.3, -0.25) is 10.1 Å². The van der Waals surface area contributed by atoms with Crippen molar-refractivity contribution in [1.29, 1.82) is 0 Å². The van der Waals surface area contributed by atoms with Crippen LogP contribution < -0.4 is 10.2 Å². The summed E-state index contributed by atoms with van der Waals surface area (Å²) < 4.78 is 18.1. The summed E-state index contributed by atoms with van der Waals surface area (Å²) in [6, 6.07) is 3.41. The molecule has 2 aliphatic rings. The van der Waals surface area contributed by atoms with Gasteiger partial charge in [-0.05, 0) is 58.9 Å². The number of nitro groups is 1. The second kappa shape index (κ2) is 6.29. The Hall–Kier alpha value is -1.60. The van der Waals surface area contributed by atoms with E-state index in [9.17, 15) is 10.1 Å². The largest absolute Gasteiger partial charge is 0.498 e. The van der Waals surface area contributed by atoms with E-state index in [0.717, 1.165) is 18.4 Å². The van der Waals surface area contributed by atoms with E-state index in [1.807, 2.05) is 40.7 Å². The molecule has 3 rings (SSSR count). The topological polar surface area (TPSA) is 70.8 Å². The Morgan fingerprint density at radius 2 is 1.84 bits per heavy atom. The van der Waals surface area contributed by atoms with Crippen molar-refractivity contribution in [3.63, 3.8) is 0 Å². The molecule has 1 aromatic rings. The first-order chi connectivity index (χ1) is 11.6. The van der Waals surface area contributed by atoms with Gasteiger partial charge in [-0.15, -0.1) is 0 Å². The number of hydrogen-bond donors (Lipinski definition) is 0. The van der Waals surface area contributed by atoms with Gasteiger partial charge in [0.25, 0.3) is 0 Å². The van der Waals surface area contributed by atoms with Crippen molar-refractivity contribution in [3.8, 4) is 5.75 Å². The number of aryl methyl sites for hydroxylation is 1. The highest BCUT2D eigenvalue weighted by Crippen LogP contribution is 2.39. The number of nitro benzene ring substituents is 1. The monoisotopic (exact) mass is 347 g/mol. The van der Waals surface area contributed by atoms with Crippen molar-refractivity contribution in [2.75, 3.05) is 6.61 Å². The lowest BCUT2D eigenvalue weighted by Crippen LogP contribution is -2.41. The minimum Gasteiger partial charge on any atom is -0.487 e. The minimum absolute atomic E-state index is 0.0240. The molecule has 0 radical (unpaired) electrons. The van der Waals surface area contributed by atoms with Crippen LogP contribution in [0.3, 0.4) is 0 Å². The third-order valence-electron chi connectivity index (χ3n) is 5.63. The predicted octanol–water partition coefficient (Wildman–Crippen LogP) is 3.38. The normalized spacial score (nSPS) is 21.9. The standard InChI is InChI=1S/C18H26BNO5/c1-12-9-14(19-24-17(2,3)18(4,5)25-19)16(15(10-12)20(21)22)23-11-13-7-6-8-13/h9-10,13H,6-8,11H2,1-5H3. The number of ether oxygens (including phenoxy) is 1. The Balaban J connectivity index is 1.97. The summed E-state index contributed by atoms with van der Waals surface area (Å²) in [7, 11) is -0.681. The molecule has 1 saturated carbocycles. The van der Waals surface area contributed by atoms with Crippen LogP contribution in [0.1, 0.15) is 52.5 Å². The summed E-state index contributed by atoms with van der Waals surface area (Å²) >= 11 is 0. The second-order valence-corrected chi connectivity index (χ2v) is 8.16. The number of benzene rings is 1. The maximum absolute atomic E-state index is 11.6. The molecule has 1 heterocycles. The maximum Gasteiger partial charge on any atom is 0.498 e. The summed E-state index contributed by atoms with van der Waals surface area (Å²) in [5, 5.41) is 11.6. The van der Waals surface area contributed by atoms with Gasteiger partial charge in [0, 0.05) is 11.5 Å². The van der Waals surface area contributed by atoms with Crippen molar-refractivity contribution < 1.29 is 19.0 Å². The van der Waals surface area contributed by atoms with Crippen LogP contribution in [-0.2, 0) is 9.31 Å². The van der Waals surface area contributed by atoms with Gasteiger partial charge in [-0.2, -0.15) is 0 Å². The lowest BCUT2D eigenvalue weighted by Gasteiger charge is -2.32. The molecule has 136 valence electrons. The molecule has 0 unspecified atom stereocenters. The molecule has 25 heavy (non-hydrogen) atoms. The number of nitrogens with zero attached hydrogens (tertiary/aromatic N) is 1. The predicted molar refractivity (Wildman–Crippen MR) is 96.4 cm³/mol. The van der Waals surface area contributed by atoms with Crippen LogP contribution in [-0.4, -0.2) is 29.9 Å². The van der Waals surface area contributed by atoms with Gasteiger partial charge in [0.15, 0.2) is 5.75 Å². The van der Waals surface area contributed by atoms with E-state index in [1.165, 1.54) is 6.42 Å². The molecule has 2 fully saturated rings. The second-order valence-electron chi connectivity index (χ2n) is 8.16. The smallest absolute Gasteiger partial charge is 0.487 e. The molecule has 1 aliphatic heterocycles. The lowest BCUT2D eigenvalue weighted by molar-refractivity contribution is -0.385. The van der Waals surface area contributed by atoms with Gasteiger partial charge in [0.05, 0.1) is 22.7 Å². The molecule has 0 amide bonds. The Labute approximate surface area is 149 Å². The van der Waals surface area contributed by atoms with Crippen molar-refractivity contribution in [3.05, 3.63) is 27.8 Å². The molecule has 1 aliphatic carbocycles. The summed E-state index contributed by atoms with van der Waals surface area (Å²) in [4.78, 5) is 11.2. The third kappa shape index (κ3) is 3.40. The Kier molecular flexibility index (Phi) is 4.58. The van der Waals surface area contributed by atoms with Crippen LogP contribution in [0.25, 0.3) is 0 Å². The van der Waals surface area contributed by atoms with Gasteiger partial charge in [-0.25, -0.2) is 0 Å². The number of hydrogen-bond acceptors (Lipinski definition) is 5. The van der Waals surface area contributed by atoms with Gasteiger partial charge in [-0.1, -0.05) is 12.5 Å². The number of rotatable bonds is 5. The van der Waals surface area contributed by atoms with Crippen LogP contribution in [0.2, 0.25) is 0 Å². The summed E-state index contributed by atoms with van der Waals surface area (Å²) in [5.41, 5.74) is 0.337. The average molecular weight is 347 g/mol. The van der Waals surface area contributed by atoms with Crippen LogP contribution in [0.4, 0.5) is 5.69 Å². The van der Waals surface area contributed by atoms with Crippen LogP contribution >= 0.6 is 0 Å². The van der Waals surface area contributed by atoms with E-state index in [-0.39, 0.29) is 11.4 Å². The molecule has 1 aromatic carbocycles. The van der Waals surface area contributed by atoms with E-state index in [2.05, 4.69) is 0 Å². The lowest BCUT2D eigenvalue weighted by atomic mass is 9.77. The highest BCUT2D eigenvalue weighted by Gasteiger charge is 2.53. The fourth-order valence-corrected chi connectivity index (χ4v) is 3.08. The van der Waals surface area contributed by atoms with Crippen LogP contribution in [0, 0.1) is 23.0 Å². The molecule has 0 N–H and O–H groups in total. The van der Waals surface area contributed by atoms with Crippen LogP contribution in [0.5, 0.6) is 5.75 Å². The highest BCUT2D eigenvalue weighted by atomic mass is 16.7.